The van der Waals surface area contributed by atoms with Crippen molar-refractivity contribution in [2.24, 2.45) is 5.73 Å². The van der Waals surface area contributed by atoms with Crippen LogP contribution in [0.25, 0.3) is 0 Å². The Morgan fingerprint density at radius 3 is 3.06 bits per heavy atom. The maximum Gasteiger partial charge on any atom is 0.270 e. The first-order valence-electron chi connectivity index (χ1n) is 5.75. The average Bonchev–Trinajstić information content (AvgIpc) is 2.32. The van der Waals surface area contributed by atoms with Gasteiger partial charge in [0.1, 0.15) is 5.75 Å². The second-order valence-corrected chi connectivity index (χ2v) is 4.83. The van der Waals surface area contributed by atoms with Gasteiger partial charge in [-0.1, -0.05) is 6.92 Å². The molecule has 17 heavy (non-hydrogen) atoms. The number of hydrogen-bond acceptors (Lipinski definition) is 5. The van der Waals surface area contributed by atoms with Crippen LogP contribution in [0.1, 0.15) is 13.3 Å². The summed E-state index contributed by atoms with van der Waals surface area (Å²) in [7, 11) is 0. The van der Waals surface area contributed by atoms with E-state index in [1.165, 1.54) is 10.7 Å². The Balaban J connectivity index is 2.50. The molecule has 96 valence electrons. The molecule has 0 aliphatic heterocycles. The van der Waals surface area contributed by atoms with E-state index in [9.17, 15) is 4.79 Å². The van der Waals surface area contributed by atoms with Crippen LogP contribution in [0.15, 0.2) is 17.1 Å². The second-order valence-electron chi connectivity index (χ2n) is 3.44. The summed E-state index contributed by atoms with van der Waals surface area (Å²) in [6.45, 7) is 3.84. The van der Waals surface area contributed by atoms with Gasteiger partial charge in [-0.3, -0.25) is 4.79 Å². The highest BCUT2D eigenvalue weighted by Crippen LogP contribution is 2.04. The Labute approximate surface area is 105 Å². The van der Waals surface area contributed by atoms with E-state index in [4.69, 9.17) is 10.5 Å². The molecule has 1 rings (SSSR count). The second kappa shape index (κ2) is 8.14. The van der Waals surface area contributed by atoms with Crippen LogP contribution in [-0.4, -0.2) is 34.4 Å². The molecule has 0 aliphatic carbocycles. The maximum atomic E-state index is 11.7. The first-order valence-corrected chi connectivity index (χ1v) is 6.91. The first kappa shape index (κ1) is 14.1. The molecule has 0 unspecified atom stereocenters. The lowest BCUT2D eigenvalue weighted by atomic mass is 10.4. The number of nitrogens with zero attached hydrogens (tertiary/aromatic N) is 2. The summed E-state index contributed by atoms with van der Waals surface area (Å²) >= 11 is 1.79. The quantitative estimate of drug-likeness (QED) is 0.695. The van der Waals surface area contributed by atoms with Gasteiger partial charge in [-0.05, 0) is 18.7 Å². The third-order valence-corrected chi connectivity index (χ3v) is 2.99. The van der Waals surface area contributed by atoms with Crippen molar-refractivity contribution in [1.82, 2.24) is 9.78 Å². The predicted octanol–water partition coefficient (Wildman–Crippen LogP) is 0.724. The normalized spacial score (nSPS) is 10.5. The highest BCUT2D eigenvalue weighted by molar-refractivity contribution is 7.99. The van der Waals surface area contributed by atoms with Gasteiger partial charge >= 0.3 is 0 Å². The maximum absolute atomic E-state index is 11.7. The molecule has 0 radical (unpaired) electrons. The van der Waals surface area contributed by atoms with Crippen molar-refractivity contribution in [2.45, 2.75) is 19.9 Å². The Bertz CT molecular complexity index is 381. The number of rotatable bonds is 8. The van der Waals surface area contributed by atoms with E-state index in [1.807, 2.05) is 0 Å². The number of aromatic nitrogens is 2. The molecule has 0 saturated heterocycles. The minimum atomic E-state index is -0.119. The van der Waals surface area contributed by atoms with E-state index in [2.05, 4.69) is 12.0 Å². The summed E-state index contributed by atoms with van der Waals surface area (Å²) in [6.07, 6.45) is 2.35. The van der Waals surface area contributed by atoms with Crippen molar-refractivity contribution >= 4 is 11.8 Å². The van der Waals surface area contributed by atoms with Crippen LogP contribution in [0.3, 0.4) is 0 Å². The van der Waals surface area contributed by atoms with Gasteiger partial charge in [-0.25, -0.2) is 4.68 Å². The molecule has 6 heteroatoms. The van der Waals surface area contributed by atoms with Crippen LogP contribution >= 0.6 is 11.8 Å². The van der Waals surface area contributed by atoms with Crippen molar-refractivity contribution in [3.05, 3.63) is 22.6 Å². The van der Waals surface area contributed by atoms with Gasteiger partial charge in [0, 0.05) is 11.8 Å². The number of ether oxygens (including phenoxy) is 1. The van der Waals surface area contributed by atoms with Crippen LogP contribution in [0.4, 0.5) is 0 Å². The molecule has 0 fully saturated rings. The molecular weight excluding hydrogens is 238 g/mol. The molecule has 0 amide bonds. The summed E-state index contributed by atoms with van der Waals surface area (Å²) in [4.78, 5) is 11.7. The molecule has 1 heterocycles. The van der Waals surface area contributed by atoms with Gasteiger partial charge in [0.15, 0.2) is 0 Å². The molecular formula is C11H19N3O2S. The van der Waals surface area contributed by atoms with Crippen LogP contribution in [-0.2, 0) is 6.54 Å². The topological polar surface area (TPSA) is 70.1 Å². The predicted molar refractivity (Wildman–Crippen MR) is 70.7 cm³/mol. The zero-order valence-electron chi connectivity index (χ0n) is 10.1. The van der Waals surface area contributed by atoms with Crippen LogP contribution in [0.2, 0.25) is 0 Å². The summed E-state index contributed by atoms with van der Waals surface area (Å²) in [5.74, 6) is 2.47. The zero-order chi connectivity index (χ0) is 12.5. The zero-order valence-corrected chi connectivity index (χ0v) is 10.9. The van der Waals surface area contributed by atoms with Crippen LogP contribution in [0, 0.1) is 0 Å². The van der Waals surface area contributed by atoms with Crippen molar-refractivity contribution in [2.75, 3.05) is 24.7 Å². The van der Waals surface area contributed by atoms with E-state index in [1.54, 1.807) is 18.0 Å². The summed E-state index contributed by atoms with van der Waals surface area (Å²) in [6, 6.07) is 1.47. The molecule has 1 aromatic rings. The van der Waals surface area contributed by atoms with E-state index in [-0.39, 0.29) is 5.56 Å². The molecule has 0 bridgehead atoms. The van der Waals surface area contributed by atoms with Gasteiger partial charge in [0.25, 0.3) is 5.56 Å². The van der Waals surface area contributed by atoms with Crippen LogP contribution in [0.5, 0.6) is 5.75 Å². The molecule has 0 aromatic carbocycles. The lowest BCUT2D eigenvalue weighted by molar-refractivity contribution is 0.309. The molecule has 0 saturated carbocycles. The monoisotopic (exact) mass is 257 g/mol. The van der Waals surface area contributed by atoms with E-state index >= 15 is 0 Å². The van der Waals surface area contributed by atoms with E-state index < -0.39 is 0 Å². The smallest absolute Gasteiger partial charge is 0.270 e. The van der Waals surface area contributed by atoms with E-state index in [0.29, 0.717) is 25.4 Å². The van der Waals surface area contributed by atoms with Gasteiger partial charge in [0.05, 0.1) is 19.3 Å². The van der Waals surface area contributed by atoms with Crippen molar-refractivity contribution in [3.8, 4) is 5.75 Å². The molecule has 5 nitrogen and oxygen atoms in total. The summed E-state index contributed by atoms with van der Waals surface area (Å²) < 4.78 is 6.80. The SMILES string of the molecule is CCSCCn1ncc(OCCCN)cc1=O. The number of nitrogens with two attached hydrogens (primary N) is 1. The Morgan fingerprint density at radius 1 is 1.59 bits per heavy atom. The number of thioether (sulfide) groups is 1. The third-order valence-electron chi connectivity index (χ3n) is 2.11. The molecule has 2 N–H and O–H groups in total. The lowest BCUT2D eigenvalue weighted by Crippen LogP contribution is -2.23. The van der Waals surface area contributed by atoms with Gasteiger partial charge in [-0.15, -0.1) is 0 Å². The summed E-state index contributed by atoms with van der Waals surface area (Å²) in [5.41, 5.74) is 5.23. The Kier molecular flexibility index (Phi) is 6.73. The van der Waals surface area contributed by atoms with Gasteiger partial charge in [-0.2, -0.15) is 16.9 Å². The fraction of sp³-hybridized carbons (Fsp3) is 0.636. The third kappa shape index (κ3) is 5.23. The minimum Gasteiger partial charge on any atom is -0.492 e. The fourth-order valence-corrected chi connectivity index (χ4v) is 1.82. The first-order chi connectivity index (χ1) is 8.27. The largest absolute Gasteiger partial charge is 0.492 e. The lowest BCUT2D eigenvalue weighted by Gasteiger charge is -2.06. The standard InChI is InChI=1S/C11H19N3O2S/c1-2-17-7-5-14-11(15)8-10(9-13-14)16-6-3-4-12/h8-9H,2-7,12H2,1H3. The Hall–Kier alpha value is -1.01. The number of aryl methyl sites for hydroxylation is 1. The molecule has 0 spiro atoms. The van der Waals surface area contributed by atoms with Crippen molar-refractivity contribution in [3.63, 3.8) is 0 Å². The minimum absolute atomic E-state index is 0.119. The average molecular weight is 257 g/mol. The van der Waals surface area contributed by atoms with Gasteiger partial charge < -0.3 is 10.5 Å². The highest BCUT2D eigenvalue weighted by atomic mass is 32.2. The van der Waals surface area contributed by atoms with Crippen LogP contribution < -0.4 is 16.0 Å². The molecule has 0 aliphatic rings. The molecule has 1 aromatic heterocycles. The Morgan fingerprint density at radius 2 is 2.41 bits per heavy atom. The molecule has 0 atom stereocenters. The fourth-order valence-electron chi connectivity index (χ4n) is 1.23. The van der Waals surface area contributed by atoms with Crippen molar-refractivity contribution in [1.29, 1.82) is 0 Å². The number of hydrogen-bond donors (Lipinski definition) is 1. The van der Waals surface area contributed by atoms with E-state index in [0.717, 1.165) is 17.9 Å². The summed E-state index contributed by atoms with van der Waals surface area (Å²) in [5, 5.41) is 4.06. The highest BCUT2D eigenvalue weighted by Gasteiger charge is 2.00. The van der Waals surface area contributed by atoms with Crippen molar-refractivity contribution < 1.29 is 4.74 Å². The van der Waals surface area contributed by atoms with Gasteiger partial charge in [0.2, 0.25) is 0 Å².